The molecule has 98 valence electrons. The van der Waals surface area contributed by atoms with Gasteiger partial charge in [-0.05, 0) is 31.2 Å². The number of amides is 1. The molecule has 6 heteroatoms. The van der Waals surface area contributed by atoms with Crippen LogP contribution < -0.4 is 10.6 Å². The lowest BCUT2D eigenvalue weighted by Gasteiger charge is -2.06. The predicted octanol–water partition coefficient (Wildman–Crippen LogP) is 2.81. The topological polar surface area (TPSA) is 66.9 Å². The molecule has 2 heterocycles. The molecule has 0 spiro atoms. The molecule has 2 N–H and O–H groups in total. The maximum atomic E-state index is 12.0. The van der Waals surface area contributed by atoms with Crippen molar-refractivity contribution in [1.29, 1.82) is 0 Å². The van der Waals surface area contributed by atoms with Crippen LogP contribution in [-0.4, -0.2) is 22.4 Å². The van der Waals surface area contributed by atoms with Crippen molar-refractivity contribution >= 4 is 29.1 Å². The molecule has 0 fully saturated rings. The Morgan fingerprint density at radius 3 is 2.79 bits per heavy atom. The summed E-state index contributed by atoms with van der Waals surface area (Å²) < 4.78 is 0. The lowest BCUT2D eigenvalue weighted by atomic mass is 10.3. The largest absolute Gasteiger partial charge is 0.370 e. The maximum Gasteiger partial charge on any atom is 0.275 e. The molecule has 0 saturated carbocycles. The van der Waals surface area contributed by atoms with E-state index in [9.17, 15) is 4.79 Å². The number of hydrogen-bond donors (Lipinski definition) is 2. The third kappa shape index (κ3) is 3.66. The summed E-state index contributed by atoms with van der Waals surface area (Å²) in [6.45, 7) is 2.71. The Balaban J connectivity index is 2.11. The molecule has 1 amide bonds. The molecule has 0 saturated heterocycles. The Labute approximate surface area is 116 Å². The first-order valence-corrected chi connectivity index (χ1v) is 6.20. The lowest BCUT2D eigenvalue weighted by molar-refractivity contribution is 0.102. The van der Waals surface area contributed by atoms with E-state index in [1.54, 1.807) is 30.3 Å². The number of pyridine rings is 2. The molecule has 2 rings (SSSR count). The molecule has 0 aromatic carbocycles. The van der Waals surface area contributed by atoms with Crippen molar-refractivity contribution in [3.8, 4) is 0 Å². The van der Waals surface area contributed by atoms with Crippen LogP contribution in [0.2, 0.25) is 5.02 Å². The van der Waals surface area contributed by atoms with Crippen LogP contribution in [0.1, 0.15) is 17.4 Å². The van der Waals surface area contributed by atoms with E-state index in [-0.39, 0.29) is 5.91 Å². The van der Waals surface area contributed by atoms with Crippen LogP contribution in [0.3, 0.4) is 0 Å². The first-order chi connectivity index (χ1) is 9.19. The van der Waals surface area contributed by atoms with E-state index in [4.69, 9.17) is 11.6 Å². The van der Waals surface area contributed by atoms with Crippen molar-refractivity contribution in [3.63, 3.8) is 0 Å². The van der Waals surface area contributed by atoms with Crippen LogP contribution in [0.15, 0.2) is 36.5 Å². The summed E-state index contributed by atoms with van der Waals surface area (Å²) >= 11 is 5.72. The van der Waals surface area contributed by atoms with E-state index in [1.807, 2.05) is 6.92 Å². The fraction of sp³-hybridized carbons (Fsp3) is 0.154. The smallest absolute Gasteiger partial charge is 0.275 e. The number of anilines is 2. The zero-order valence-electron chi connectivity index (χ0n) is 10.4. The second-order valence-electron chi connectivity index (χ2n) is 3.75. The monoisotopic (exact) mass is 276 g/mol. The number of carbonyl (C=O) groups excluding carboxylic acids is 1. The summed E-state index contributed by atoms with van der Waals surface area (Å²) in [6.07, 6.45) is 1.47. The van der Waals surface area contributed by atoms with Crippen molar-refractivity contribution < 1.29 is 4.79 Å². The molecule has 0 aliphatic carbocycles. The van der Waals surface area contributed by atoms with Crippen LogP contribution in [0.5, 0.6) is 0 Å². The normalized spacial score (nSPS) is 10.0. The fourth-order valence-corrected chi connectivity index (χ4v) is 1.58. The van der Waals surface area contributed by atoms with Crippen molar-refractivity contribution in [2.75, 3.05) is 17.2 Å². The SMILES string of the molecule is CCNc1cccc(C(=O)Nc2ccc(Cl)cn2)n1. The van der Waals surface area contributed by atoms with Gasteiger partial charge in [0, 0.05) is 12.7 Å². The van der Waals surface area contributed by atoms with Gasteiger partial charge in [0.25, 0.3) is 5.91 Å². The van der Waals surface area contributed by atoms with E-state index in [1.165, 1.54) is 6.20 Å². The fourth-order valence-electron chi connectivity index (χ4n) is 1.47. The second kappa shape index (κ2) is 6.15. The summed E-state index contributed by atoms with van der Waals surface area (Å²) in [5.41, 5.74) is 0.329. The first-order valence-electron chi connectivity index (χ1n) is 5.83. The summed E-state index contributed by atoms with van der Waals surface area (Å²) in [5.74, 6) is 0.791. The minimum atomic E-state index is -0.311. The van der Waals surface area contributed by atoms with Gasteiger partial charge in [-0.2, -0.15) is 0 Å². The van der Waals surface area contributed by atoms with Crippen LogP contribution >= 0.6 is 11.6 Å². The molecule has 0 atom stereocenters. The highest BCUT2D eigenvalue weighted by molar-refractivity contribution is 6.30. The first kappa shape index (κ1) is 13.3. The van der Waals surface area contributed by atoms with Crippen molar-refractivity contribution in [3.05, 3.63) is 47.2 Å². The molecule has 0 bridgehead atoms. The highest BCUT2D eigenvalue weighted by Crippen LogP contribution is 2.11. The van der Waals surface area contributed by atoms with Gasteiger partial charge in [-0.25, -0.2) is 9.97 Å². The standard InChI is InChI=1S/C13H13ClN4O/c1-2-15-11-5-3-4-10(17-11)13(19)18-12-7-6-9(14)8-16-12/h3-8H,2H2,1H3,(H,15,17)(H,16,18,19). The maximum absolute atomic E-state index is 12.0. The molecular weight excluding hydrogens is 264 g/mol. The number of nitrogens with one attached hydrogen (secondary N) is 2. The van der Waals surface area contributed by atoms with Crippen LogP contribution in [0.4, 0.5) is 11.6 Å². The van der Waals surface area contributed by atoms with Gasteiger partial charge >= 0.3 is 0 Å². The van der Waals surface area contributed by atoms with Gasteiger partial charge < -0.3 is 10.6 Å². The van der Waals surface area contributed by atoms with Gasteiger partial charge in [-0.15, -0.1) is 0 Å². The van der Waals surface area contributed by atoms with Crippen molar-refractivity contribution in [1.82, 2.24) is 9.97 Å². The average molecular weight is 277 g/mol. The molecule has 0 aliphatic rings. The summed E-state index contributed by atoms with van der Waals surface area (Å²) in [4.78, 5) is 20.2. The second-order valence-corrected chi connectivity index (χ2v) is 4.19. The van der Waals surface area contributed by atoms with E-state index < -0.39 is 0 Å². The number of nitrogens with zero attached hydrogens (tertiary/aromatic N) is 2. The van der Waals surface area contributed by atoms with Gasteiger partial charge in [-0.1, -0.05) is 17.7 Å². The lowest BCUT2D eigenvalue weighted by Crippen LogP contribution is -2.15. The molecule has 0 unspecified atom stereocenters. The number of halogens is 1. The molecule has 2 aromatic rings. The third-order valence-corrected chi connectivity index (χ3v) is 2.53. The third-order valence-electron chi connectivity index (χ3n) is 2.31. The van der Waals surface area contributed by atoms with Gasteiger partial charge in [0.2, 0.25) is 0 Å². The van der Waals surface area contributed by atoms with Gasteiger partial charge in [0.05, 0.1) is 5.02 Å². The van der Waals surface area contributed by atoms with Gasteiger partial charge in [0.15, 0.2) is 0 Å². The van der Waals surface area contributed by atoms with E-state index in [2.05, 4.69) is 20.6 Å². The summed E-state index contributed by atoms with van der Waals surface area (Å²) in [5, 5.41) is 6.22. The molecule has 19 heavy (non-hydrogen) atoms. The zero-order valence-corrected chi connectivity index (χ0v) is 11.1. The number of rotatable bonds is 4. The van der Waals surface area contributed by atoms with E-state index in [0.717, 1.165) is 6.54 Å². The van der Waals surface area contributed by atoms with Crippen molar-refractivity contribution in [2.24, 2.45) is 0 Å². The van der Waals surface area contributed by atoms with Crippen LogP contribution in [-0.2, 0) is 0 Å². The number of aromatic nitrogens is 2. The Morgan fingerprint density at radius 2 is 2.11 bits per heavy atom. The number of hydrogen-bond acceptors (Lipinski definition) is 4. The van der Waals surface area contributed by atoms with Crippen molar-refractivity contribution in [2.45, 2.75) is 6.92 Å². The number of carbonyl (C=O) groups is 1. The minimum Gasteiger partial charge on any atom is -0.370 e. The van der Waals surface area contributed by atoms with Crippen LogP contribution in [0.25, 0.3) is 0 Å². The highest BCUT2D eigenvalue weighted by Gasteiger charge is 2.08. The Morgan fingerprint density at radius 1 is 1.26 bits per heavy atom. The van der Waals surface area contributed by atoms with Crippen LogP contribution in [0, 0.1) is 0 Å². The van der Waals surface area contributed by atoms with Gasteiger partial charge in [-0.3, -0.25) is 4.79 Å². The highest BCUT2D eigenvalue weighted by atomic mass is 35.5. The molecule has 0 aliphatic heterocycles. The molecule has 5 nitrogen and oxygen atoms in total. The van der Waals surface area contributed by atoms with E-state index in [0.29, 0.717) is 22.4 Å². The average Bonchev–Trinajstić information content (AvgIpc) is 2.42. The molecule has 0 radical (unpaired) electrons. The Kier molecular flexibility index (Phi) is 4.30. The Bertz CT molecular complexity index is 571. The molecule has 2 aromatic heterocycles. The summed E-state index contributed by atoms with van der Waals surface area (Å²) in [6, 6.07) is 8.52. The summed E-state index contributed by atoms with van der Waals surface area (Å²) in [7, 11) is 0. The molecular formula is C13H13ClN4O. The predicted molar refractivity (Wildman–Crippen MR) is 75.6 cm³/mol. The van der Waals surface area contributed by atoms with E-state index >= 15 is 0 Å². The quantitative estimate of drug-likeness (QED) is 0.901. The Hall–Kier alpha value is -2.14. The minimum absolute atomic E-state index is 0.311. The zero-order chi connectivity index (χ0) is 13.7. The van der Waals surface area contributed by atoms with Gasteiger partial charge in [0.1, 0.15) is 17.3 Å².